The van der Waals surface area contributed by atoms with E-state index in [2.05, 4.69) is 57.2 Å². The van der Waals surface area contributed by atoms with Gasteiger partial charge in [0.15, 0.2) is 0 Å². The minimum atomic E-state index is 0.101. The van der Waals surface area contributed by atoms with Crippen molar-refractivity contribution in [1.29, 1.82) is 0 Å². The van der Waals surface area contributed by atoms with E-state index in [0.717, 1.165) is 18.6 Å². The van der Waals surface area contributed by atoms with E-state index in [1.807, 2.05) is 0 Å². The van der Waals surface area contributed by atoms with Gasteiger partial charge >= 0.3 is 0 Å². The first-order chi connectivity index (χ1) is 8.54. The lowest BCUT2D eigenvalue weighted by Crippen LogP contribution is -2.21. The van der Waals surface area contributed by atoms with E-state index in [4.69, 9.17) is 4.74 Å². The molecule has 2 rings (SSSR count). The summed E-state index contributed by atoms with van der Waals surface area (Å²) in [5.41, 5.74) is 4.28. The summed E-state index contributed by atoms with van der Waals surface area (Å²) >= 11 is 0. The topological polar surface area (TPSA) is 9.23 Å². The SMILES string of the molecule is COC1=CC=C(C(C)(C)c2ccc(C)cc2)CC1. The fourth-order valence-corrected chi connectivity index (χ4v) is 2.46. The predicted molar refractivity (Wildman–Crippen MR) is 76.6 cm³/mol. The summed E-state index contributed by atoms with van der Waals surface area (Å²) in [4.78, 5) is 0. The van der Waals surface area contributed by atoms with Gasteiger partial charge in [0.2, 0.25) is 0 Å². The molecule has 1 aromatic carbocycles. The maximum Gasteiger partial charge on any atom is 0.0958 e. The Balaban J connectivity index is 2.29. The van der Waals surface area contributed by atoms with E-state index in [9.17, 15) is 0 Å². The molecule has 0 unspecified atom stereocenters. The summed E-state index contributed by atoms with van der Waals surface area (Å²) in [6.45, 7) is 6.73. The molecule has 1 heteroatoms. The van der Waals surface area contributed by atoms with Crippen LogP contribution in [0, 0.1) is 6.92 Å². The number of benzene rings is 1. The molecular formula is C17H22O. The van der Waals surface area contributed by atoms with E-state index >= 15 is 0 Å². The van der Waals surface area contributed by atoms with Crippen LogP contribution in [-0.4, -0.2) is 7.11 Å². The minimum absolute atomic E-state index is 0.101. The second kappa shape index (κ2) is 5.01. The smallest absolute Gasteiger partial charge is 0.0958 e. The molecule has 0 N–H and O–H groups in total. The van der Waals surface area contributed by atoms with E-state index in [-0.39, 0.29) is 5.41 Å². The summed E-state index contributed by atoms with van der Waals surface area (Å²) in [5.74, 6) is 1.08. The Morgan fingerprint density at radius 2 is 1.67 bits per heavy atom. The first-order valence-electron chi connectivity index (χ1n) is 6.55. The van der Waals surface area contributed by atoms with E-state index in [1.165, 1.54) is 16.7 Å². The second-order valence-electron chi connectivity index (χ2n) is 5.52. The van der Waals surface area contributed by atoms with Crippen LogP contribution < -0.4 is 0 Å². The van der Waals surface area contributed by atoms with E-state index in [1.54, 1.807) is 7.11 Å². The van der Waals surface area contributed by atoms with Crippen LogP contribution >= 0.6 is 0 Å². The van der Waals surface area contributed by atoms with Gasteiger partial charge in [0.1, 0.15) is 0 Å². The molecule has 0 amide bonds. The highest BCUT2D eigenvalue weighted by atomic mass is 16.5. The normalized spacial score (nSPS) is 16.0. The zero-order chi connectivity index (χ0) is 13.2. The molecule has 0 atom stereocenters. The Bertz CT molecular complexity index is 475. The van der Waals surface area contributed by atoms with Crippen molar-refractivity contribution < 1.29 is 4.74 Å². The third-order valence-electron chi connectivity index (χ3n) is 3.95. The first-order valence-corrected chi connectivity index (χ1v) is 6.55. The van der Waals surface area contributed by atoms with Crippen LogP contribution in [0.25, 0.3) is 0 Å². The molecule has 0 bridgehead atoms. The monoisotopic (exact) mass is 242 g/mol. The maximum absolute atomic E-state index is 5.29. The highest BCUT2D eigenvalue weighted by Gasteiger charge is 2.26. The molecule has 0 fully saturated rings. The quantitative estimate of drug-likeness (QED) is 0.757. The molecule has 0 saturated carbocycles. The Hall–Kier alpha value is -1.50. The van der Waals surface area contributed by atoms with Crippen LogP contribution in [0.15, 0.2) is 47.7 Å². The van der Waals surface area contributed by atoms with Crippen molar-refractivity contribution >= 4 is 0 Å². The molecule has 0 spiro atoms. The summed E-state index contributed by atoms with van der Waals surface area (Å²) in [5, 5.41) is 0. The molecule has 0 radical (unpaired) electrons. The third kappa shape index (κ3) is 2.50. The van der Waals surface area contributed by atoms with Crippen LogP contribution in [0.2, 0.25) is 0 Å². The number of hydrogen-bond acceptors (Lipinski definition) is 1. The van der Waals surface area contributed by atoms with Crippen molar-refractivity contribution in [3.8, 4) is 0 Å². The van der Waals surface area contributed by atoms with Gasteiger partial charge < -0.3 is 4.74 Å². The average molecular weight is 242 g/mol. The average Bonchev–Trinajstić information content (AvgIpc) is 2.39. The van der Waals surface area contributed by atoms with Gasteiger partial charge in [0, 0.05) is 11.8 Å². The highest BCUT2D eigenvalue weighted by molar-refractivity contribution is 5.39. The van der Waals surface area contributed by atoms with E-state index < -0.39 is 0 Å². The van der Waals surface area contributed by atoms with Gasteiger partial charge in [-0.25, -0.2) is 0 Å². The number of rotatable bonds is 3. The molecule has 1 aliphatic rings. The van der Waals surface area contributed by atoms with Crippen LogP contribution in [0.5, 0.6) is 0 Å². The Kier molecular flexibility index (Phi) is 3.60. The lowest BCUT2D eigenvalue weighted by Gasteiger charge is -2.31. The van der Waals surface area contributed by atoms with Crippen LogP contribution in [0.3, 0.4) is 0 Å². The number of allylic oxidation sites excluding steroid dienone is 4. The molecular weight excluding hydrogens is 220 g/mol. The molecule has 0 heterocycles. The Morgan fingerprint density at radius 1 is 1.00 bits per heavy atom. The zero-order valence-electron chi connectivity index (χ0n) is 11.8. The molecule has 18 heavy (non-hydrogen) atoms. The number of ether oxygens (including phenoxy) is 1. The number of methoxy groups -OCH3 is 1. The zero-order valence-corrected chi connectivity index (χ0v) is 11.8. The summed E-state index contributed by atoms with van der Waals surface area (Å²) < 4.78 is 5.29. The molecule has 96 valence electrons. The minimum Gasteiger partial charge on any atom is -0.501 e. The first kappa shape index (κ1) is 12.9. The molecule has 1 aliphatic carbocycles. The fourth-order valence-electron chi connectivity index (χ4n) is 2.46. The van der Waals surface area contributed by atoms with Gasteiger partial charge in [-0.2, -0.15) is 0 Å². The van der Waals surface area contributed by atoms with Gasteiger partial charge in [-0.15, -0.1) is 0 Å². The maximum atomic E-state index is 5.29. The predicted octanol–water partition coefficient (Wildman–Crippen LogP) is 4.52. The molecule has 1 nitrogen and oxygen atoms in total. The third-order valence-corrected chi connectivity index (χ3v) is 3.95. The molecule has 0 aliphatic heterocycles. The van der Waals surface area contributed by atoms with Gasteiger partial charge in [0.25, 0.3) is 0 Å². The molecule has 0 saturated heterocycles. The van der Waals surface area contributed by atoms with Crippen molar-refractivity contribution in [3.05, 3.63) is 58.9 Å². The fraction of sp³-hybridized carbons (Fsp3) is 0.412. The Morgan fingerprint density at radius 3 is 2.17 bits per heavy atom. The lowest BCUT2D eigenvalue weighted by atomic mass is 9.74. The van der Waals surface area contributed by atoms with Crippen LogP contribution in [0.1, 0.15) is 37.8 Å². The van der Waals surface area contributed by atoms with E-state index in [0.29, 0.717) is 0 Å². The van der Waals surface area contributed by atoms with Crippen LogP contribution in [0.4, 0.5) is 0 Å². The Labute approximate surface area is 110 Å². The molecule has 1 aromatic rings. The largest absolute Gasteiger partial charge is 0.501 e. The van der Waals surface area contributed by atoms with Crippen LogP contribution in [-0.2, 0) is 10.2 Å². The number of hydrogen-bond donors (Lipinski definition) is 0. The number of aryl methyl sites for hydroxylation is 1. The van der Waals surface area contributed by atoms with Gasteiger partial charge in [-0.05, 0) is 25.0 Å². The van der Waals surface area contributed by atoms with Crippen molar-refractivity contribution in [3.63, 3.8) is 0 Å². The van der Waals surface area contributed by atoms with Crippen molar-refractivity contribution in [2.24, 2.45) is 0 Å². The van der Waals surface area contributed by atoms with Crippen molar-refractivity contribution in [2.75, 3.05) is 7.11 Å². The van der Waals surface area contributed by atoms with Gasteiger partial charge in [-0.1, -0.05) is 55.3 Å². The van der Waals surface area contributed by atoms with Gasteiger partial charge in [0.05, 0.1) is 12.9 Å². The second-order valence-corrected chi connectivity index (χ2v) is 5.52. The highest BCUT2D eigenvalue weighted by Crippen LogP contribution is 2.36. The molecule has 0 aromatic heterocycles. The van der Waals surface area contributed by atoms with Crippen molar-refractivity contribution in [1.82, 2.24) is 0 Å². The summed E-state index contributed by atoms with van der Waals surface area (Å²) in [6, 6.07) is 8.87. The standard InChI is InChI=1S/C17H22O/c1-13-5-7-14(8-6-13)17(2,3)15-9-11-16(18-4)12-10-15/h5-9,11H,10,12H2,1-4H3. The summed E-state index contributed by atoms with van der Waals surface area (Å²) in [7, 11) is 1.75. The summed E-state index contributed by atoms with van der Waals surface area (Å²) in [6.07, 6.45) is 6.43. The van der Waals surface area contributed by atoms with Crippen molar-refractivity contribution in [2.45, 2.75) is 39.0 Å². The lowest BCUT2D eigenvalue weighted by molar-refractivity contribution is 0.274. The van der Waals surface area contributed by atoms with Gasteiger partial charge in [-0.3, -0.25) is 0 Å².